The number of thioether (sulfide) groups is 1. The minimum atomic E-state index is 0.136. The van der Waals surface area contributed by atoms with Crippen molar-refractivity contribution in [1.29, 1.82) is 0 Å². The molecule has 1 aliphatic heterocycles. The number of rotatable bonds is 3. The monoisotopic (exact) mass is 285 g/mol. The van der Waals surface area contributed by atoms with Gasteiger partial charge in [-0.2, -0.15) is 0 Å². The summed E-state index contributed by atoms with van der Waals surface area (Å²) in [6.07, 6.45) is 1.12. The second-order valence-electron chi connectivity index (χ2n) is 5.17. The van der Waals surface area contributed by atoms with Crippen molar-refractivity contribution in [3.63, 3.8) is 0 Å². The van der Waals surface area contributed by atoms with Crippen LogP contribution in [0, 0.1) is 0 Å². The lowest BCUT2D eigenvalue weighted by Crippen LogP contribution is -2.27. The van der Waals surface area contributed by atoms with E-state index in [1.165, 1.54) is 10.5 Å². The van der Waals surface area contributed by atoms with Gasteiger partial charge in [0.2, 0.25) is 0 Å². The lowest BCUT2D eigenvalue weighted by atomic mass is 10.0. The number of hydrogen-bond acceptors (Lipinski definition) is 3. The Morgan fingerprint density at radius 3 is 2.75 bits per heavy atom. The molecular formula is C17H19NOS. The smallest absolute Gasteiger partial charge is 0.120 e. The van der Waals surface area contributed by atoms with Gasteiger partial charge in [0.15, 0.2) is 0 Å². The first-order valence-electron chi connectivity index (χ1n) is 7.01. The third-order valence-corrected chi connectivity index (χ3v) is 4.94. The van der Waals surface area contributed by atoms with Crippen molar-refractivity contribution in [3.05, 3.63) is 59.7 Å². The van der Waals surface area contributed by atoms with Crippen molar-refractivity contribution in [1.82, 2.24) is 5.32 Å². The number of phenolic OH excluding ortho intramolecular Hbond substituents is 1. The standard InChI is InChI=1S/C17H19NOS/c1-12(13-6-2-4-8-16(13)19)18-15-10-11-20-17-9-5-3-7-14(15)17/h2-9,12,15,18-19H,10-11H2,1H3. The number of hydrogen-bond donors (Lipinski definition) is 2. The second kappa shape index (κ2) is 5.90. The molecule has 0 aliphatic carbocycles. The van der Waals surface area contributed by atoms with Crippen LogP contribution < -0.4 is 5.32 Å². The third kappa shape index (κ3) is 2.69. The van der Waals surface area contributed by atoms with Crippen LogP contribution in [0.3, 0.4) is 0 Å². The van der Waals surface area contributed by atoms with Gasteiger partial charge < -0.3 is 10.4 Å². The van der Waals surface area contributed by atoms with Gasteiger partial charge in [-0.15, -0.1) is 11.8 Å². The molecule has 20 heavy (non-hydrogen) atoms. The van der Waals surface area contributed by atoms with Crippen molar-refractivity contribution in [3.8, 4) is 5.75 Å². The van der Waals surface area contributed by atoms with Crippen LogP contribution in [0.5, 0.6) is 5.75 Å². The number of benzene rings is 2. The Kier molecular flexibility index (Phi) is 3.99. The molecule has 2 aromatic rings. The summed E-state index contributed by atoms with van der Waals surface area (Å²) in [7, 11) is 0. The summed E-state index contributed by atoms with van der Waals surface area (Å²) in [6, 6.07) is 16.7. The van der Waals surface area contributed by atoms with Crippen molar-refractivity contribution in [2.75, 3.05) is 5.75 Å². The number of aromatic hydroxyl groups is 1. The quantitative estimate of drug-likeness (QED) is 0.883. The van der Waals surface area contributed by atoms with Gasteiger partial charge in [0, 0.05) is 22.5 Å². The van der Waals surface area contributed by atoms with Crippen LogP contribution >= 0.6 is 11.8 Å². The minimum absolute atomic E-state index is 0.136. The summed E-state index contributed by atoms with van der Waals surface area (Å²) < 4.78 is 0. The molecule has 0 radical (unpaired) electrons. The first-order chi connectivity index (χ1) is 9.75. The van der Waals surface area contributed by atoms with Crippen LogP contribution in [0.4, 0.5) is 0 Å². The molecule has 2 atom stereocenters. The Bertz CT molecular complexity index is 599. The predicted molar refractivity (Wildman–Crippen MR) is 84.2 cm³/mol. The van der Waals surface area contributed by atoms with E-state index < -0.39 is 0 Å². The molecule has 2 N–H and O–H groups in total. The molecule has 3 rings (SSSR count). The SMILES string of the molecule is CC(NC1CCSc2ccccc21)c1ccccc1O. The van der Waals surface area contributed by atoms with Crippen molar-refractivity contribution in [2.24, 2.45) is 0 Å². The molecule has 104 valence electrons. The summed E-state index contributed by atoms with van der Waals surface area (Å²) in [5.41, 5.74) is 2.34. The number of nitrogens with one attached hydrogen (secondary N) is 1. The third-order valence-electron chi connectivity index (χ3n) is 3.81. The van der Waals surface area contributed by atoms with E-state index in [1.807, 2.05) is 30.0 Å². The first-order valence-corrected chi connectivity index (χ1v) is 8.00. The van der Waals surface area contributed by atoms with E-state index in [-0.39, 0.29) is 6.04 Å². The maximum absolute atomic E-state index is 9.96. The molecule has 0 bridgehead atoms. The van der Waals surface area contributed by atoms with Crippen LogP contribution in [0.25, 0.3) is 0 Å². The maximum Gasteiger partial charge on any atom is 0.120 e. The summed E-state index contributed by atoms with van der Waals surface area (Å²) in [5, 5.41) is 13.6. The van der Waals surface area contributed by atoms with Crippen LogP contribution in [0.15, 0.2) is 53.4 Å². The van der Waals surface area contributed by atoms with E-state index in [4.69, 9.17) is 0 Å². The number of fused-ring (bicyclic) bond motifs is 1. The second-order valence-corrected chi connectivity index (χ2v) is 6.31. The molecule has 0 fully saturated rings. The zero-order chi connectivity index (χ0) is 13.9. The van der Waals surface area contributed by atoms with Gasteiger partial charge in [-0.25, -0.2) is 0 Å². The van der Waals surface area contributed by atoms with Crippen molar-refractivity contribution in [2.45, 2.75) is 30.3 Å². The molecule has 2 nitrogen and oxygen atoms in total. The van der Waals surface area contributed by atoms with E-state index in [1.54, 1.807) is 6.07 Å². The van der Waals surface area contributed by atoms with E-state index >= 15 is 0 Å². The van der Waals surface area contributed by atoms with Gasteiger partial charge in [0.05, 0.1) is 0 Å². The highest BCUT2D eigenvalue weighted by Gasteiger charge is 2.22. The number of para-hydroxylation sites is 1. The normalized spacial score (nSPS) is 19.4. The van der Waals surface area contributed by atoms with Crippen LogP contribution in [0.1, 0.15) is 36.6 Å². The van der Waals surface area contributed by atoms with Gasteiger partial charge in [-0.3, -0.25) is 0 Å². The maximum atomic E-state index is 9.96. The minimum Gasteiger partial charge on any atom is -0.508 e. The molecule has 2 aromatic carbocycles. The molecule has 0 saturated heterocycles. The lowest BCUT2D eigenvalue weighted by Gasteiger charge is -2.29. The Morgan fingerprint density at radius 1 is 1.15 bits per heavy atom. The zero-order valence-corrected chi connectivity index (χ0v) is 12.4. The summed E-state index contributed by atoms with van der Waals surface area (Å²) in [6.45, 7) is 2.11. The first kappa shape index (κ1) is 13.5. The molecule has 0 saturated carbocycles. The highest BCUT2D eigenvalue weighted by molar-refractivity contribution is 7.99. The highest BCUT2D eigenvalue weighted by atomic mass is 32.2. The topological polar surface area (TPSA) is 32.3 Å². The van der Waals surface area contributed by atoms with Crippen LogP contribution in [-0.2, 0) is 0 Å². The molecular weight excluding hydrogens is 266 g/mol. The largest absolute Gasteiger partial charge is 0.508 e. The van der Waals surface area contributed by atoms with Gasteiger partial charge in [-0.1, -0.05) is 36.4 Å². The van der Waals surface area contributed by atoms with Crippen molar-refractivity contribution >= 4 is 11.8 Å². The van der Waals surface area contributed by atoms with Crippen LogP contribution in [-0.4, -0.2) is 10.9 Å². The van der Waals surface area contributed by atoms with E-state index in [2.05, 4.69) is 36.5 Å². The summed E-state index contributed by atoms with van der Waals surface area (Å²) in [4.78, 5) is 1.38. The molecule has 0 aromatic heterocycles. The van der Waals surface area contributed by atoms with E-state index in [9.17, 15) is 5.11 Å². The fraction of sp³-hybridized carbons (Fsp3) is 0.294. The molecule has 1 heterocycles. The molecule has 0 spiro atoms. The average Bonchev–Trinajstić information content (AvgIpc) is 2.48. The van der Waals surface area contributed by atoms with Crippen LogP contribution in [0.2, 0.25) is 0 Å². The fourth-order valence-corrected chi connectivity index (χ4v) is 3.89. The fourth-order valence-electron chi connectivity index (χ4n) is 2.76. The Balaban J connectivity index is 1.81. The van der Waals surface area contributed by atoms with Gasteiger partial charge in [-0.05, 0) is 36.8 Å². The molecule has 2 unspecified atom stereocenters. The summed E-state index contributed by atoms with van der Waals surface area (Å²) in [5.74, 6) is 1.51. The van der Waals surface area contributed by atoms with E-state index in [0.29, 0.717) is 11.8 Å². The lowest BCUT2D eigenvalue weighted by molar-refractivity contribution is 0.421. The Morgan fingerprint density at radius 2 is 1.90 bits per heavy atom. The molecule has 3 heteroatoms. The molecule has 1 aliphatic rings. The highest BCUT2D eigenvalue weighted by Crippen LogP contribution is 2.37. The van der Waals surface area contributed by atoms with Gasteiger partial charge in [0.25, 0.3) is 0 Å². The van der Waals surface area contributed by atoms with Gasteiger partial charge >= 0.3 is 0 Å². The predicted octanol–water partition coefficient (Wildman–Crippen LogP) is 4.28. The Labute approximate surface area is 124 Å². The number of phenols is 1. The van der Waals surface area contributed by atoms with Crippen molar-refractivity contribution < 1.29 is 5.11 Å². The molecule has 0 amide bonds. The Hall–Kier alpha value is -1.45. The zero-order valence-electron chi connectivity index (χ0n) is 11.5. The van der Waals surface area contributed by atoms with Gasteiger partial charge in [0.1, 0.15) is 5.75 Å². The average molecular weight is 285 g/mol. The van der Waals surface area contributed by atoms with E-state index in [0.717, 1.165) is 17.7 Å². The summed E-state index contributed by atoms with van der Waals surface area (Å²) >= 11 is 1.93.